The van der Waals surface area contributed by atoms with Gasteiger partial charge >= 0.3 is 0 Å². The predicted molar refractivity (Wildman–Crippen MR) is 105 cm³/mol. The van der Waals surface area contributed by atoms with Crippen LogP contribution in [0.5, 0.6) is 0 Å². The Hall–Kier alpha value is -1.97. The Bertz CT molecular complexity index is 753. The van der Waals surface area contributed by atoms with Crippen molar-refractivity contribution in [3.63, 3.8) is 0 Å². The van der Waals surface area contributed by atoms with Crippen LogP contribution in [-0.4, -0.2) is 82.5 Å². The van der Waals surface area contributed by atoms with Crippen LogP contribution in [0.3, 0.4) is 0 Å². The lowest BCUT2D eigenvalue weighted by Crippen LogP contribution is -2.52. The highest BCUT2D eigenvalue weighted by atomic mass is 16.6. The van der Waals surface area contributed by atoms with Crippen LogP contribution in [0, 0.1) is 5.92 Å². The number of likely N-dealkylation sites (tertiary alicyclic amines) is 1. The monoisotopic (exact) mass is 405 g/mol. The first kappa shape index (κ1) is 20.3. The molecule has 3 unspecified atom stereocenters. The van der Waals surface area contributed by atoms with Gasteiger partial charge in [-0.25, -0.2) is 0 Å². The van der Waals surface area contributed by atoms with Crippen molar-refractivity contribution < 1.29 is 19.1 Å². The summed E-state index contributed by atoms with van der Waals surface area (Å²) in [4.78, 5) is 28.6. The number of nitrogens with zero attached hydrogens (tertiary/aromatic N) is 4. The third-order valence-corrected chi connectivity index (χ3v) is 6.26. The summed E-state index contributed by atoms with van der Waals surface area (Å²) in [5, 5.41) is 4.35. The summed E-state index contributed by atoms with van der Waals surface area (Å²) in [6.07, 6.45) is 5.58. The zero-order chi connectivity index (χ0) is 20.4. The van der Waals surface area contributed by atoms with Crippen LogP contribution in [0.2, 0.25) is 0 Å². The molecule has 1 aromatic heterocycles. The van der Waals surface area contributed by atoms with Gasteiger partial charge in [-0.3, -0.25) is 19.2 Å². The number of ether oxygens (including phenoxy) is 2. The molecule has 3 aliphatic heterocycles. The van der Waals surface area contributed by atoms with Gasteiger partial charge in [-0.15, -0.1) is 0 Å². The number of primary amides is 1. The van der Waals surface area contributed by atoms with Gasteiger partial charge in [0.15, 0.2) is 0 Å². The minimum Gasteiger partial charge on any atom is -0.370 e. The van der Waals surface area contributed by atoms with Gasteiger partial charge in [0, 0.05) is 57.4 Å². The quantitative estimate of drug-likeness (QED) is 0.739. The van der Waals surface area contributed by atoms with Gasteiger partial charge < -0.3 is 20.1 Å². The average Bonchev–Trinajstić information content (AvgIpc) is 3.35. The number of rotatable bonds is 5. The molecule has 3 fully saturated rings. The van der Waals surface area contributed by atoms with E-state index in [1.807, 2.05) is 10.9 Å². The highest BCUT2D eigenvalue weighted by molar-refractivity contribution is 5.83. The van der Waals surface area contributed by atoms with E-state index in [4.69, 9.17) is 15.2 Å². The third-order valence-electron chi connectivity index (χ3n) is 6.26. The second-order valence-corrected chi connectivity index (χ2v) is 8.48. The van der Waals surface area contributed by atoms with Gasteiger partial charge in [0.1, 0.15) is 11.7 Å². The van der Waals surface area contributed by atoms with Gasteiger partial charge in [-0.2, -0.15) is 5.10 Å². The summed E-state index contributed by atoms with van der Waals surface area (Å²) in [5.41, 5.74) is 6.18. The summed E-state index contributed by atoms with van der Waals surface area (Å²) in [6, 6.07) is 0. The van der Waals surface area contributed by atoms with E-state index in [0.29, 0.717) is 32.7 Å². The molecule has 0 radical (unpaired) electrons. The first-order valence-corrected chi connectivity index (χ1v) is 10.6. The SMILES string of the molecule is CCn1cc(CN2CCOC3(COC(C(=O)N4CCCC(C(N)=O)C4)C3)C2)cn1. The molecular formula is C20H31N5O4. The Kier molecular flexibility index (Phi) is 5.89. The number of amides is 2. The van der Waals surface area contributed by atoms with E-state index in [9.17, 15) is 9.59 Å². The third kappa shape index (κ3) is 4.46. The molecule has 9 heteroatoms. The van der Waals surface area contributed by atoms with Crippen LogP contribution in [0.4, 0.5) is 0 Å². The molecule has 3 saturated heterocycles. The van der Waals surface area contributed by atoms with Gasteiger partial charge in [0.05, 0.1) is 25.3 Å². The molecule has 4 heterocycles. The van der Waals surface area contributed by atoms with Crippen molar-refractivity contribution in [2.75, 3.05) is 39.4 Å². The number of nitrogens with two attached hydrogens (primary N) is 1. The van der Waals surface area contributed by atoms with Gasteiger partial charge in [0.25, 0.3) is 5.91 Å². The maximum atomic E-state index is 13.0. The molecule has 2 amide bonds. The second-order valence-electron chi connectivity index (χ2n) is 8.48. The topological polar surface area (TPSA) is 103 Å². The highest BCUT2D eigenvalue weighted by Crippen LogP contribution is 2.33. The molecule has 3 aliphatic rings. The maximum absolute atomic E-state index is 13.0. The Balaban J connectivity index is 1.35. The van der Waals surface area contributed by atoms with Crippen molar-refractivity contribution >= 4 is 11.8 Å². The molecule has 3 atom stereocenters. The van der Waals surface area contributed by atoms with Crippen LogP contribution in [0.1, 0.15) is 31.7 Å². The van der Waals surface area contributed by atoms with Crippen LogP contribution in [-0.2, 0) is 32.2 Å². The Morgan fingerprint density at radius 3 is 3.00 bits per heavy atom. The second kappa shape index (κ2) is 8.41. The summed E-state index contributed by atoms with van der Waals surface area (Å²) in [6.45, 7) is 7.43. The summed E-state index contributed by atoms with van der Waals surface area (Å²) in [7, 11) is 0. The molecule has 2 N–H and O–H groups in total. The van der Waals surface area contributed by atoms with E-state index in [2.05, 4.69) is 23.1 Å². The largest absolute Gasteiger partial charge is 0.370 e. The molecule has 0 aromatic carbocycles. The molecule has 160 valence electrons. The lowest BCUT2D eigenvalue weighted by molar-refractivity contribution is -0.143. The Morgan fingerprint density at radius 2 is 2.24 bits per heavy atom. The number of carbonyl (C=O) groups is 2. The molecule has 0 bridgehead atoms. The fraction of sp³-hybridized carbons (Fsp3) is 0.750. The Morgan fingerprint density at radius 1 is 1.38 bits per heavy atom. The molecule has 0 aliphatic carbocycles. The number of piperidine rings is 1. The van der Waals surface area contributed by atoms with Gasteiger partial charge in [-0.1, -0.05) is 0 Å². The number of carbonyl (C=O) groups excluding carboxylic acids is 2. The minimum atomic E-state index is -0.510. The van der Waals surface area contributed by atoms with Crippen molar-refractivity contribution in [3.05, 3.63) is 18.0 Å². The van der Waals surface area contributed by atoms with E-state index in [-0.39, 0.29) is 17.7 Å². The summed E-state index contributed by atoms with van der Waals surface area (Å²) in [5.74, 6) is -0.629. The van der Waals surface area contributed by atoms with Crippen molar-refractivity contribution in [1.29, 1.82) is 0 Å². The average molecular weight is 405 g/mol. The van der Waals surface area contributed by atoms with Crippen molar-refractivity contribution in [3.8, 4) is 0 Å². The van der Waals surface area contributed by atoms with E-state index >= 15 is 0 Å². The molecular weight excluding hydrogens is 374 g/mol. The maximum Gasteiger partial charge on any atom is 0.251 e. The lowest BCUT2D eigenvalue weighted by Gasteiger charge is -2.39. The number of aryl methyl sites for hydroxylation is 1. The summed E-state index contributed by atoms with van der Waals surface area (Å²) < 4.78 is 13.9. The fourth-order valence-corrected chi connectivity index (χ4v) is 4.67. The molecule has 9 nitrogen and oxygen atoms in total. The van der Waals surface area contributed by atoms with Crippen molar-refractivity contribution in [2.24, 2.45) is 11.7 Å². The predicted octanol–water partition coefficient (Wildman–Crippen LogP) is -0.0132. The zero-order valence-corrected chi connectivity index (χ0v) is 17.1. The van der Waals surface area contributed by atoms with E-state index < -0.39 is 11.7 Å². The Labute approximate surface area is 171 Å². The minimum absolute atomic E-state index is 0.0437. The van der Waals surface area contributed by atoms with Crippen molar-refractivity contribution in [1.82, 2.24) is 19.6 Å². The van der Waals surface area contributed by atoms with E-state index in [1.54, 1.807) is 4.90 Å². The number of aromatic nitrogens is 2. The number of hydrogen-bond donors (Lipinski definition) is 1. The van der Waals surface area contributed by atoms with Gasteiger partial charge in [-0.05, 0) is 19.8 Å². The highest BCUT2D eigenvalue weighted by Gasteiger charge is 2.48. The number of hydrogen-bond acceptors (Lipinski definition) is 6. The first-order chi connectivity index (χ1) is 14.0. The molecule has 29 heavy (non-hydrogen) atoms. The molecule has 4 rings (SSSR count). The first-order valence-electron chi connectivity index (χ1n) is 10.6. The van der Waals surface area contributed by atoms with Crippen LogP contribution >= 0.6 is 0 Å². The standard InChI is InChI=1S/C20H31N5O4/c1-2-25-11-15(9-22-25)10-23-6-7-29-20(13-23)8-17(28-14-20)19(27)24-5-3-4-16(12-24)18(21)26/h9,11,16-17H,2-8,10,12-14H2,1H3,(H2,21,26). The van der Waals surface area contributed by atoms with Crippen molar-refractivity contribution in [2.45, 2.75) is 51.0 Å². The lowest BCUT2D eigenvalue weighted by atomic mass is 9.94. The van der Waals surface area contributed by atoms with Crippen LogP contribution in [0.15, 0.2) is 12.4 Å². The molecule has 1 aromatic rings. The molecule has 0 saturated carbocycles. The smallest absolute Gasteiger partial charge is 0.251 e. The normalized spacial score (nSPS) is 30.7. The van der Waals surface area contributed by atoms with Crippen LogP contribution in [0.25, 0.3) is 0 Å². The number of morpholine rings is 1. The molecule has 1 spiro atoms. The van der Waals surface area contributed by atoms with Crippen LogP contribution < -0.4 is 5.73 Å². The van der Waals surface area contributed by atoms with E-state index in [1.165, 1.54) is 5.56 Å². The fourth-order valence-electron chi connectivity index (χ4n) is 4.67. The zero-order valence-electron chi connectivity index (χ0n) is 17.1. The van der Waals surface area contributed by atoms with Gasteiger partial charge in [0.2, 0.25) is 5.91 Å². The summed E-state index contributed by atoms with van der Waals surface area (Å²) >= 11 is 0. The van der Waals surface area contributed by atoms with E-state index in [0.717, 1.165) is 39.0 Å².